The number of esters is 1. The van der Waals surface area contributed by atoms with Gasteiger partial charge in [-0.25, -0.2) is 8.42 Å². The lowest BCUT2D eigenvalue weighted by Gasteiger charge is -2.24. The van der Waals surface area contributed by atoms with Gasteiger partial charge in [-0.3, -0.25) is 14.4 Å². The fourth-order valence-electron chi connectivity index (χ4n) is 3.21. The Hall–Kier alpha value is -2.46. The number of aryl methyl sites for hydroxylation is 1. The fourth-order valence-corrected chi connectivity index (χ4v) is 4.86. The zero-order chi connectivity index (χ0) is 23.4. The first-order chi connectivity index (χ1) is 14.3. The molecule has 1 heterocycles. The van der Waals surface area contributed by atoms with Crippen molar-refractivity contribution in [1.82, 2.24) is 14.5 Å². The van der Waals surface area contributed by atoms with Crippen molar-refractivity contribution in [2.75, 3.05) is 26.7 Å². The lowest BCUT2D eigenvalue weighted by Crippen LogP contribution is -2.47. The van der Waals surface area contributed by atoms with E-state index in [0.717, 1.165) is 14.8 Å². The Kier molecular flexibility index (Phi) is 7.82. The summed E-state index contributed by atoms with van der Waals surface area (Å²) in [6.07, 6.45) is 0.841. The van der Waals surface area contributed by atoms with Gasteiger partial charge in [-0.05, 0) is 52.7 Å². The van der Waals surface area contributed by atoms with Crippen LogP contribution in [-0.2, 0) is 29.1 Å². The number of carbonyl (C=O) groups excluding carboxylic acids is 3. The van der Waals surface area contributed by atoms with Crippen molar-refractivity contribution in [3.05, 3.63) is 29.8 Å². The second kappa shape index (κ2) is 9.78. The van der Waals surface area contributed by atoms with Crippen LogP contribution < -0.4 is 5.32 Å². The first-order valence-corrected chi connectivity index (χ1v) is 11.6. The molecule has 9 nitrogen and oxygen atoms in total. The molecule has 1 atom stereocenters. The maximum atomic E-state index is 12.9. The van der Waals surface area contributed by atoms with E-state index in [4.69, 9.17) is 4.74 Å². The molecule has 0 unspecified atom stereocenters. The van der Waals surface area contributed by atoms with E-state index in [0.29, 0.717) is 12.8 Å². The van der Waals surface area contributed by atoms with Crippen molar-refractivity contribution in [2.45, 2.75) is 57.0 Å². The molecule has 1 fully saturated rings. The average molecular weight is 454 g/mol. The Morgan fingerprint density at radius 1 is 1.19 bits per heavy atom. The second-order valence-electron chi connectivity index (χ2n) is 8.74. The van der Waals surface area contributed by atoms with E-state index in [-0.39, 0.29) is 23.9 Å². The predicted octanol–water partition coefficient (Wildman–Crippen LogP) is 1.06. The summed E-state index contributed by atoms with van der Waals surface area (Å²) in [5, 5.41) is 2.74. The molecule has 1 aromatic carbocycles. The molecule has 0 aromatic heterocycles. The second-order valence-corrected chi connectivity index (χ2v) is 10.6. The highest BCUT2D eigenvalue weighted by Crippen LogP contribution is 2.27. The van der Waals surface area contributed by atoms with E-state index in [1.54, 1.807) is 12.1 Å². The molecule has 0 spiro atoms. The third-order valence-corrected chi connectivity index (χ3v) is 6.68. The average Bonchev–Trinajstić information content (AvgIpc) is 3.15. The largest absolute Gasteiger partial charge is 0.454 e. The number of sulfonamides is 1. The summed E-state index contributed by atoms with van der Waals surface area (Å²) in [6.45, 7) is 6.80. The van der Waals surface area contributed by atoms with Crippen LogP contribution in [0, 0.1) is 6.92 Å². The molecule has 0 saturated carbocycles. The Morgan fingerprint density at radius 3 is 2.39 bits per heavy atom. The van der Waals surface area contributed by atoms with E-state index in [9.17, 15) is 22.8 Å². The molecule has 2 amide bonds. The highest BCUT2D eigenvalue weighted by atomic mass is 32.2. The Morgan fingerprint density at radius 2 is 1.81 bits per heavy atom. The normalized spacial score (nSPS) is 17.3. The third-order valence-electron chi connectivity index (χ3n) is 4.76. The van der Waals surface area contributed by atoms with Gasteiger partial charge in [0.1, 0.15) is 6.04 Å². The first kappa shape index (κ1) is 24.8. The molecule has 1 saturated heterocycles. The van der Waals surface area contributed by atoms with Crippen molar-refractivity contribution in [3.63, 3.8) is 0 Å². The van der Waals surface area contributed by atoms with E-state index in [1.807, 2.05) is 27.7 Å². The van der Waals surface area contributed by atoms with Crippen LogP contribution in [-0.4, -0.2) is 73.7 Å². The Balaban J connectivity index is 1.96. The molecule has 172 valence electrons. The quantitative estimate of drug-likeness (QED) is 0.618. The number of rotatable bonds is 7. The maximum Gasteiger partial charge on any atom is 0.324 e. The summed E-state index contributed by atoms with van der Waals surface area (Å²) < 4.78 is 32.1. The summed E-state index contributed by atoms with van der Waals surface area (Å²) >= 11 is 0. The smallest absolute Gasteiger partial charge is 0.324 e. The van der Waals surface area contributed by atoms with E-state index >= 15 is 0 Å². The number of ether oxygens (including phenoxy) is 1. The summed E-state index contributed by atoms with van der Waals surface area (Å²) in [5.74, 6) is -1.65. The molecule has 2 rings (SSSR count). The third kappa shape index (κ3) is 6.76. The molecule has 31 heavy (non-hydrogen) atoms. The number of benzene rings is 1. The topological polar surface area (TPSA) is 113 Å². The van der Waals surface area contributed by atoms with Crippen LogP contribution in [0.15, 0.2) is 29.2 Å². The Labute approximate surface area is 183 Å². The van der Waals surface area contributed by atoms with Crippen LogP contribution in [0.1, 0.15) is 39.2 Å². The zero-order valence-electron chi connectivity index (χ0n) is 18.7. The number of likely N-dealkylation sites (N-methyl/N-ethyl adjacent to an activating group) is 1. The molecule has 1 aliphatic heterocycles. The van der Waals surface area contributed by atoms with Crippen molar-refractivity contribution in [1.29, 1.82) is 0 Å². The summed E-state index contributed by atoms with van der Waals surface area (Å²) in [7, 11) is -2.42. The molecule has 0 aliphatic carbocycles. The summed E-state index contributed by atoms with van der Waals surface area (Å²) in [5.41, 5.74) is 0.498. The molecule has 1 N–H and O–H groups in total. The minimum absolute atomic E-state index is 0.110. The van der Waals surface area contributed by atoms with E-state index in [1.165, 1.54) is 19.2 Å². The van der Waals surface area contributed by atoms with Crippen LogP contribution in [0.2, 0.25) is 0 Å². The maximum absolute atomic E-state index is 12.9. The van der Waals surface area contributed by atoms with E-state index < -0.39 is 40.1 Å². The summed E-state index contributed by atoms with van der Waals surface area (Å²) in [6, 6.07) is 5.42. The number of nitrogens with zero attached hydrogens (tertiary/aromatic N) is 2. The lowest BCUT2D eigenvalue weighted by molar-refractivity contribution is -0.154. The summed E-state index contributed by atoms with van der Waals surface area (Å²) in [4.78, 5) is 38.0. The molecule has 1 aromatic rings. The number of amides is 2. The number of carbonyl (C=O) groups is 3. The van der Waals surface area contributed by atoms with Crippen LogP contribution in [0.25, 0.3) is 0 Å². The van der Waals surface area contributed by atoms with Crippen molar-refractivity contribution in [3.8, 4) is 0 Å². The van der Waals surface area contributed by atoms with Gasteiger partial charge in [-0.2, -0.15) is 4.31 Å². The highest BCUT2D eigenvalue weighted by molar-refractivity contribution is 7.89. The standard InChI is InChI=1S/C21H31N3O6S/c1-15-8-10-16(11-9-15)31(28,29)24-12-6-7-17(24)20(27)30-14-19(26)23(5)13-18(25)22-21(2,3)4/h8-11,17H,6-7,12-14H2,1-5H3,(H,22,25)/t17-/m0/s1. The van der Waals surface area contributed by atoms with Gasteiger partial charge in [0.2, 0.25) is 15.9 Å². The van der Waals surface area contributed by atoms with Gasteiger partial charge in [-0.15, -0.1) is 0 Å². The van der Waals surface area contributed by atoms with Gasteiger partial charge in [0.15, 0.2) is 6.61 Å². The molecule has 0 bridgehead atoms. The zero-order valence-corrected chi connectivity index (χ0v) is 19.5. The van der Waals surface area contributed by atoms with Crippen molar-refractivity contribution >= 4 is 27.8 Å². The molecule has 10 heteroatoms. The molecule has 0 radical (unpaired) electrons. The minimum atomic E-state index is -3.85. The highest BCUT2D eigenvalue weighted by Gasteiger charge is 2.40. The van der Waals surface area contributed by atoms with Crippen LogP contribution >= 0.6 is 0 Å². The Bertz CT molecular complexity index is 921. The van der Waals surface area contributed by atoms with Crippen LogP contribution in [0.3, 0.4) is 0 Å². The van der Waals surface area contributed by atoms with Gasteiger partial charge in [0.05, 0.1) is 11.4 Å². The molecular formula is C21H31N3O6S. The van der Waals surface area contributed by atoms with Crippen molar-refractivity contribution < 1.29 is 27.5 Å². The number of hydrogen-bond acceptors (Lipinski definition) is 6. The lowest BCUT2D eigenvalue weighted by atomic mass is 10.1. The minimum Gasteiger partial charge on any atom is -0.454 e. The van der Waals surface area contributed by atoms with Gasteiger partial charge in [-0.1, -0.05) is 17.7 Å². The van der Waals surface area contributed by atoms with Crippen LogP contribution in [0.5, 0.6) is 0 Å². The fraction of sp³-hybridized carbons (Fsp3) is 0.571. The van der Waals surface area contributed by atoms with Gasteiger partial charge < -0.3 is 15.0 Å². The molecule has 1 aliphatic rings. The van der Waals surface area contributed by atoms with Crippen LogP contribution in [0.4, 0.5) is 0 Å². The SMILES string of the molecule is Cc1ccc(S(=O)(=O)N2CCC[C@H]2C(=O)OCC(=O)N(C)CC(=O)NC(C)(C)C)cc1. The van der Waals surface area contributed by atoms with Gasteiger partial charge in [0, 0.05) is 19.1 Å². The van der Waals surface area contributed by atoms with Crippen molar-refractivity contribution in [2.24, 2.45) is 0 Å². The number of hydrogen-bond donors (Lipinski definition) is 1. The van der Waals surface area contributed by atoms with Gasteiger partial charge in [0.25, 0.3) is 5.91 Å². The molecular weight excluding hydrogens is 422 g/mol. The predicted molar refractivity (Wildman–Crippen MR) is 115 cm³/mol. The first-order valence-electron chi connectivity index (χ1n) is 10.1. The van der Waals surface area contributed by atoms with Gasteiger partial charge >= 0.3 is 5.97 Å². The van der Waals surface area contributed by atoms with E-state index in [2.05, 4.69) is 5.32 Å². The monoisotopic (exact) mass is 453 g/mol. The number of nitrogens with one attached hydrogen (secondary N) is 1.